The zero-order valence-electron chi connectivity index (χ0n) is 30.3. The number of nitrogens with zero attached hydrogens (tertiary/aromatic N) is 3. The standard InChI is InChI=1S/C40H46N4O8S2/c1-43(27-9-13-29(14-10-27)52-40(39(49)50,34-5-3-21-53-34)35-6-4-22-54-35)19-20-44(2)37(48)25-51-28-11-7-26(8-12-28)23-41-24-33(46)30-15-17-32(45)38-31(30)16-18-36(47)42-38/h3-8,11-12,15-18,21-22,27,29,31,33,41,45-46H,9-10,13-14,19-20,23-25H2,1-2H3,(H,49,50)/t27?,29?,31?,33-/m0/s1. The fraction of sp³-hybridized carbons (Fsp3) is 0.400. The molecule has 0 spiro atoms. The minimum absolute atomic E-state index is 0.0745. The molecule has 1 aliphatic heterocycles. The van der Waals surface area contributed by atoms with Gasteiger partial charge in [0, 0.05) is 51.3 Å². The number of aliphatic carboxylic acids is 1. The van der Waals surface area contributed by atoms with Gasteiger partial charge < -0.3 is 39.9 Å². The van der Waals surface area contributed by atoms with E-state index in [0.29, 0.717) is 46.8 Å². The number of allylic oxidation sites excluding steroid dienone is 4. The van der Waals surface area contributed by atoms with Gasteiger partial charge in [0.1, 0.15) is 11.5 Å². The highest BCUT2D eigenvalue weighted by Gasteiger charge is 2.48. The minimum atomic E-state index is -1.50. The normalized spacial score (nSPS) is 20.5. The van der Waals surface area contributed by atoms with Crippen molar-refractivity contribution in [2.24, 2.45) is 10.9 Å². The van der Waals surface area contributed by atoms with Crippen molar-refractivity contribution < 1.29 is 39.2 Å². The second-order valence-electron chi connectivity index (χ2n) is 13.8. The summed E-state index contributed by atoms with van der Waals surface area (Å²) in [6.45, 7) is 1.90. The van der Waals surface area contributed by atoms with Gasteiger partial charge in [0.2, 0.25) is 5.60 Å². The van der Waals surface area contributed by atoms with Crippen LogP contribution in [0.1, 0.15) is 41.0 Å². The summed E-state index contributed by atoms with van der Waals surface area (Å²) >= 11 is 2.80. The smallest absolute Gasteiger partial charge is 0.347 e. The predicted molar refractivity (Wildman–Crippen MR) is 208 cm³/mol. The number of fused-ring (bicyclic) bond motifs is 1. The summed E-state index contributed by atoms with van der Waals surface area (Å²) in [4.78, 5) is 46.5. The first-order valence-corrected chi connectivity index (χ1v) is 19.8. The fourth-order valence-corrected chi connectivity index (χ4v) is 8.83. The van der Waals surface area contributed by atoms with Crippen LogP contribution in [0, 0.1) is 5.92 Å². The highest BCUT2D eigenvalue weighted by Crippen LogP contribution is 2.42. The maximum atomic E-state index is 12.9. The van der Waals surface area contributed by atoms with E-state index in [4.69, 9.17) is 9.47 Å². The van der Waals surface area contributed by atoms with Gasteiger partial charge in [-0.1, -0.05) is 36.4 Å². The van der Waals surface area contributed by atoms with Crippen molar-refractivity contribution in [1.82, 2.24) is 15.1 Å². The lowest BCUT2D eigenvalue weighted by molar-refractivity contribution is -0.170. The molecule has 2 aromatic heterocycles. The summed E-state index contributed by atoms with van der Waals surface area (Å²) in [6, 6.07) is 15.1. The Balaban J connectivity index is 0.894. The van der Waals surface area contributed by atoms with E-state index in [1.54, 1.807) is 36.2 Å². The zero-order valence-corrected chi connectivity index (χ0v) is 31.9. The number of carboxylic acids is 1. The number of aliphatic imine (C=N–C) groups is 1. The SMILES string of the molecule is CN(CCN(C)C1CCC(OC(C(=O)O)(c2cccs2)c2cccs2)CC1)C(=O)COc1ccc(CNC[C@H](O)C2=CC=C(O)C3=NC(=O)C=CC23)cc1. The van der Waals surface area contributed by atoms with Crippen LogP contribution in [-0.4, -0.2) is 107 Å². The molecule has 1 unspecified atom stereocenters. The van der Waals surface area contributed by atoms with E-state index in [0.717, 1.165) is 31.2 Å². The Morgan fingerprint density at radius 3 is 2.31 bits per heavy atom. The molecule has 12 nitrogen and oxygen atoms in total. The van der Waals surface area contributed by atoms with Crippen molar-refractivity contribution >= 4 is 46.2 Å². The quantitative estimate of drug-likeness (QED) is 0.148. The number of hydrogen-bond acceptors (Lipinski definition) is 11. The van der Waals surface area contributed by atoms with Crippen LogP contribution in [0.15, 0.2) is 99.9 Å². The molecular formula is C40H46N4O8S2. The molecule has 0 bridgehead atoms. The van der Waals surface area contributed by atoms with Crippen LogP contribution in [0.3, 0.4) is 0 Å². The number of nitrogens with one attached hydrogen (secondary N) is 1. The van der Waals surface area contributed by atoms with Crippen LogP contribution in [0.5, 0.6) is 5.75 Å². The van der Waals surface area contributed by atoms with E-state index in [1.807, 2.05) is 47.2 Å². The van der Waals surface area contributed by atoms with Crippen molar-refractivity contribution in [3.05, 3.63) is 110 Å². The summed E-state index contributed by atoms with van der Waals surface area (Å²) in [5.41, 5.74) is 0.359. The molecule has 2 atom stereocenters. The molecule has 6 rings (SSSR count). The van der Waals surface area contributed by atoms with Gasteiger partial charge >= 0.3 is 5.97 Å². The Morgan fingerprint density at radius 2 is 1.69 bits per heavy atom. The van der Waals surface area contributed by atoms with Crippen molar-refractivity contribution in [3.8, 4) is 5.75 Å². The Labute approximate surface area is 322 Å². The number of hydrogen-bond donors (Lipinski definition) is 4. The van der Waals surface area contributed by atoms with Crippen molar-refractivity contribution in [1.29, 1.82) is 0 Å². The molecule has 14 heteroatoms. The summed E-state index contributed by atoms with van der Waals surface area (Å²) in [5.74, 6) is -1.51. The largest absolute Gasteiger partial charge is 0.506 e. The minimum Gasteiger partial charge on any atom is -0.506 e. The number of aliphatic hydroxyl groups is 2. The van der Waals surface area contributed by atoms with E-state index in [1.165, 1.54) is 34.8 Å². The average Bonchev–Trinajstić information content (AvgIpc) is 3.92. The number of ether oxygens (including phenoxy) is 2. The molecule has 3 aliphatic rings. The Kier molecular flexibility index (Phi) is 12.9. The zero-order chi connectivity index (χ0) is 38.2. The number of dihydropyridines is 1. The lowest BCUT2D eigenvalue weighted by Crippen LogP contribution is -2.45. The van der Waals surface area contributed by atoms with Gasteiger partial charge in [0.25, 0.3) is 11.8 Å². The first kappa shape index (κ1) is 39.3. The Morgan fingerprint density at radius 1 is 1.00 bits per heavy atom. The third kappa shape index (κ3) is 9.08. The monoisotopic (exact) mass is 774 g/mol. The van der Waals surface area contributed by atoms with Gasteiger partial charge in [-0.25, -0.2) is 9.79 Å². The van der Waals surface area contributed by atoms with Gasteiger partial charge in [-0.05, 0) is 85.0 Å². The second kappa shape index (κ2) is 17.8. The number of rotatable bonds is 17. The number of benzene rings is 1. The van der Waals surface area contributed by atoms with Crippen LogP contribution < -0.4 is 10.1 Å². The van der Waals surface area contributed by atoms with Gasteiger partial charge in [0.05, 0.1) is 27.7 Å². The van der Waals surface area contributed by atoms with Gasteiger partial charge in [-0.2, -0.15) is 0 Å². The number of aliphatic hydroxyl groups excluding tert-OH is 2. The van der Waals surface area contributed by atoms with E-state index in [2.05, 4.69) is 22.3 Å². The Bertz CT molecular complexity index is 1850. The van der Waals surface area contributed by atoms with E-state index in [9.17, 15) is 29.7 Å². The summed E-state index contributed by atoms with van der Waals surface area (Å²) in [7, 11) is 3.84. The molecule has 0 saturated heterocycles. The molecule has 286 valence electrons. The Hall–Kier alpha value is -4.44. The predicted octanol–water partition coefficient (Wildman–Crippen LogP) is 4.92. The summed E-state index contributed by atoms with van der Waals surface area (Å²) < 4.78 is 12.3. The van der Waals surface area contributed by atoms with Crippen molar-refractivity contribution in [2.75, 3.05) is 40.3 Å². The van der Waals surface area contributed by atoms with Crippen molar-refractivity contribution in [2.45, 2.75) is 56.1 Å². The molecule has 2 aliphatic carbocycles. The number of carboxylic acid groups (broad SMARTS) is 1. The van der Waals surface area contributed by atoms with Gasteiger partial charge in [-0.3, -0.25) is 9.59 Å². The first-order chi connectivity index (χ1) is 26.0. The molecule has 3 heterocycles. The second-order valence-corrected chi connectivity index (χ2v) is 15.7. The fourth-order valence-electron chi connectivity index (χ4n) is 7.02. The van der Waals surface area contributed by atoms with Crippen LogP contribution in [0.4, 0.5) is 0 Å². The first-order valence-electron chi connectivity index (χ1n) is 18.0. The van der Waals surface area contributed by atoms with Crippen LogP contribution in [0.2, 0.25) is 0 Å². The molecule has 1 fully saturated rings. The van der Waals surface area contributed by atoms with Crippen LogP contribution >= 0.6 is 22.7 Å². The third-order valence-corrected chi connectivity index (χ3v) is 12.2. The molecule has 1 saturated carbocycles. The maximum Gasteiger partial charge on any atom is 0.347 e. The number of carbonyl (C=O) groups is 3. The lowest BCUT2D eigenvalue weighted by Gasteiger charge is -2.38. The summed E-state index contributed by atoms with van der Waals surface area (Å²) in [5, 5.41) is 38.3. The molecule has 2 amide bonds. The molecule has 3 aromatic rings. The van der Waals surface area contributed by atoms with E-state index >= 15 is 0 Å². The number of likely N-dealkylation sites (N-methyl/N-ethyl adjacent to an activating group) is 2. The number of carbonyl (C=O) groups excluding carboxylic acids is 2. The number of amides is 2. The molecule has 54 heavy (non-hydrogen) atoms. The van der Waals surface area contributed by atoms with Crippen LogP contribution in [0.25, 0.3) is 0 Å². The lowest BCUT2D eigenvalue weighted by atomic mass is 9.84. The van der Waals surface area contributed by atoms with E-state index in [-0.39, 0.29) is 36.6 Å². The summed E-state index contributed by atoms with van der Waals surface area (Å²) in [6.07, 6.45) is 8.31. The van der Waals surface area contributed by atoms with Gasteiger partial charge in [0.15, 0.2) is 6.61 Å². The molecule has 1 aromatic carbocycles. The molecular weight excluding hydrogens is 729 g/mol. The van der Waals surface area contributed by atoms with E-state index < -0.39 is 29.5 Å². The van der Waals surface area contributed by atoms with Crippen LogP contribution in [-0.2, 0) is 31.3 Å². The van der Waals surface area contributed by atoms with Crippen molar-refractivity contribution in [3.63, 3.8) is 0 Å². The molecule has 0 radical (unpaired) electrons. The molecule has 4 N–H and O–H groups in total. The number of thiophene rings is 2. The highest BCUT2D eigenvalue weighted by molar-refractivity contribution is 7.12. The topological polar surface area (TPSA) is 161 Å². The average molecular weight is 775 g/mol. The van der Waals surface area contributed by atoms with Gasteiger partial charge in [-0.15, -0.1) is 22.7 Å². The third-order valence-electron chi connectivity index (χ3n) is 10.2. The maximum absolute atomic E-state index is 12.9. The highest BCUT2D eigenvalue weighted by atomic mass is 32.1.